The van der Waals surface area contributed by atoms with E-state index in [2.05, 4.69) is 27.0 Å². The molecule has 1 amide bonds. The van der Waals surface area contributed by atoms with Gasteiger partial charge in [-0.25, -0.2) is 9.50 Å². The van der Waals surface area contributed by atoms with Gasteiger partial charge in [-0.2, -0.15) is 13.2 Å². The average molecular weight is 553 g/mol. The highest BCUT2D eigenvalue weighted by molar-refractivity contribution is 6.31. The molecule has 0 bridgehead atoms. The van der Waals surface area contributed by atoms with Crippen molar-refractivity contribution in [2.45, 2.75) is 32.0 Å². The summed E-state index contributed by atoms with van der Waals surface area (Å²) in [6.07, 6.45) is -0.972. The van der Waals surface area contributed by atoms with Crippen molar-refractivity contribution in [3.8, 4) is 11.8 Å². The predicted octanol–water partition coefficient (Wildman–Crippen LogP) is 5.29. The van der Waals surface area contributed by atoms with Crippen LogP contribution in [0.2, 0.25) is 5.02 Å². The number of anilines is 2. The normalized spacial score (nSPS) is 15.6. The number of carbonyl (C=O) groups excluding carboxylic acids is 1. The van der Waals surface area contributed by atoms with Gasteiger partial charge in [0.15, 0.2) is 5.65 Å². The maximum absolute atomic E-state index is 13.2. The lowest BCUT2D eigenvalue weighted by Gasteiger charge is -2.31. The van der Waals surface area contributed by atoms with Crippen molar-refractivity contribution in [3.05, 3.63) is 87.7 Å². The molecular formula is C28H24ClF3N6O. The molecule has 0 radical (unpaired) electrons. The zero-order valence-electron chi connectivity index (χ0n) is 20.9. The average Bonchev–Trinajstić information content (AvgIpc) is 3.29. The third-order valence-electron chi connectivity index (χ3n) is 6.52. The molecule has 2 aromatic heterocycles. The fraction of sp³-hybridized carbons (Fsp3) is 0.250. The second-order valence-corrected chi connectivity index (χ2v) is 9.80. The number of rotatable bonds is 3. The van der Waals surface area contributed by atoms with Gasteiger partial charge in [-0.3, -0.25) is 4.79 Å². The fourth-order valence-electron chi connectivity index (χ4n) is 4.51. The van der Waals surface area contributed by atoms with Gasteiger partial charge in [0, 0.05) is 41.0 Å². The van der Waals surface area contributed by atoms with Crippen LogP contribution in [-0.2, 0) is 6.18 Å². The van der Waals surface area contributed by atoms with Crippen molar-refractivity contribution < 1.29 is 18.0 Å². The third kappa shape index (κ3) is 5.85. The van der Waals surface area contributed by atoms with Gasteiger partial charge >= 0.3 is 6.18 Å². The van der Waals surface area contributed by atoms with Crippen LogP contribution in [-0.4, -0.2) is 39.6 Å². The quantitative estimate of drug-likeness (QED) is 0.337. The van der Waals surface area contributed by atoms with Gasteiger partial charge in [0.1, 0.15) is 11.5 Å². The van der Waals surface area contributed by atoms with Crippen LogP contribution >= 0.6 is 11.6 Å². The number of hydrogen-bond donors (Lipinski definition) is 2. The molecule has 1 saturated heterocycles. The Bertz CT molecular complexity index is 1620. The Kier molecular flexibility index (Phi) is 7.21. The Balaban J connectivity index is 1.40. The van der Waals surface area contributed by atoms with Crippen LogP contribution in [0.1, 0.15) is 45.6 Å². The summed E-state index contributed by atoms with van der Waals surface area (Å²) in [4.78, 5) is 19.5. The number of halogens is 4. The highest BCUT2D eigenvalue weighted by Gasteiger charge is 2.31. The van der Waals surface area contributed by atoms with Crippen LogP contribution in [0.4, 0.5) is 24.7 Å². The summed E-state index contributed by atoms with van der Waals surface area (Å²) in [5.41, 5.74) is 7.77. The first-order valence-electron chi connectivity index (χ1n) is 12.2. The van der Waals surface area contributed by atoms with E-state index >= 15 is 0 Å². The zero-order valence-corrected chi connectivity index (χ0v) is 21.6. The van der Waals surface area contributed by atoms with E-state index in [9.17, 15) is 18.0 Å². The minimum Gasteiger partial charge on any atom is -0.354 e. The molecule has 0 aliphatic carbocycles. The van der Waals surface area contributed by atoms with Crippen LogP contribution in [0.3, 0.4) is 0 Å². The van der Waals surface area contributed by atoms with Crippen molar-refractivity contribution in [2.75, 3.05) is 23.3 Å². The molecule has 7 nitrogen and oxygen atoms in total. The van der Waals surface area contributed by atoms with E-state index in [0.717, 1.165) is 43.9 Å². The van der Waals surface area contributed by atoms with Gasteiger partial charge in [-0.05, 0) is 73.7 Å². The SMILES string of the molecule is Cc1c(C#Cc2cnc3ccc(N4CCC[C@H](N)C4)nn23)cccc1C(=O)Nc1cc(Cl)cc(C(F)(F)F)c1. The molecule has 0 saturated carbocycles. The number of nitrogens with zero attached hydrogens (tertiary/aromatic N) is 4. The smallest absolute Gasteiger partial charge is 0.354 e. The number of nitrogens with two attached hydrogens (primary N) is 1. The number of nitrogens with one attached hydrogen (secondary N) is 1. The second-order valence-electron chi connectivity index (χ2n) is 9.36. The van der Waals surface area contributed by atoms with Gasteiger partial charge in [-0.15, -0.1) is 5.10 Å². The van der Waals surface area contributed by atoms with Crippen molar-refractivity contribution in [1.29, 1.82) is 0 Å². The Labute approximate surface area is 227 Å². The Morgan fingerprint density at radius 1 is 1.18 bits per heavy atom. The molecule has 5 rings (SSSR count). The monoisotopic (exact) mass is 552 g/mol. The number of hydrogen-bond acceptors (Lipinski definition) is 5. The van der Waals surface area contributed by atoms with Crippen molar-refractivity contribution >= 4 is 34.7 Å². The van der Waals surface area contributed by atoms with E-state index in [1.165, 1.54) is 6.07 Å². The minimum absolute atomic E-state index is 0.0574. The van der Waals surface area contributed by atoms with Crippen molar-refractivity contribution in [2.24, 2.45) is 5.73 Å². The van der Waals surface area contributed by atoms with Gasteiger partial charge in [0.05, 0.1) is 11.8 Å². The van der Waals surface area contributed by atoms with Crippen molar-refractivity contribution in [1.82, 2.24) is 14.6 Å². The first-order valence-corrected chi connectivity index (χ1v) is 12.6. The Morgan fingerprint density at radius 3 is 2.77 bits per heavy atom. The molecule has 3 heterocycles. The molecule has 200 valence electrons. The largest absolute Gasteiger partial charge is 0.416 e. The molecule has 1 aliphatic rings. The summed E-state index contributed by atoms with van der Waals surface area (Å²) < 4.78 is 41.1. The van der Waals surface area contributed by atoms with Gasteiger partial charge in [0.2, 0.25) is 0 Å². The predicted molar refractivity (Wildman–Crippen MR) is 144 cm³/mol. The summed E-state index contributed by atoms with van der Waals surface area (Å²) in [7, 11) is 0. The maximum atomic E-state index is 13.2. The van der Waals surface area contributed by atoms with Crippen LogP contribution < -0.4 is 16.0 Å². The van der Waals surface area contributed by atoms with Crippen LogP contribution in [0.5, 0.6) is 0 Å². The van der Waals surface area contributed by atoms with E-state index < -0.39 is 17.6 Å². The van der Waals surface area contributed by atoms with E-state index in [4.69, 9.17) is 22.4 Å². The first kappa shape index (κ1) is 26.5. The summed E-state index contributed by atoms with van der Waals surface area (Å²) >= 11 is 5.84. The number of carbonyl (C=O) groups is 1. The van der Waals surface area contributed by atoms with Crippen LogP contribution in [0.15, 0.2) is 54.7 Å². The highest BCUT2D eigenvalue weighted by atomic mass is 35.5. The summed E-state index contributed by atoms with van der Waals surface area (Å²) in [6.45, 7) is 3.33. The maximum Gasteiger partial charge on any atom is 0.416 e. The van der Waals surface area contributed by atoms with E-state index in [1.807, 2.05) is 12.1 Å². The number of piperidine rings is 1. The van der Waals surface area contributed by atoms with Crippen LogP contribution in [0.25, 0.3) is 5.65 Å². The molecule has 1 aliphatic heterocycles. The molecule has 0 unspecified atom stereocenters. The van der Waals surface area contributed by atoms with E-state index in [-0.39, 0.29) is 22.3 Å². The zero-order chi connectivity index (χ0) is 27.7. The third-order valence-corrected chi connectivity index (χ3v) is 6.73. The molecule has 1 fully saturated rings. The number of alkyl halides is 3. The lowest BCUT2D eigenvalue weighted by atomic mass is 10.0. The molecule has 4 aromatic rings. The Hall–Kier alpha value is -4.07. The minimum atomic E-state index is -4.59. The number of benzene rings is 2. The number of imidazole rings is 1. The molecule has 2 aromatic carbocycles. The molecule has 39 heavy (non-hydrogen) atoms. The first-order chi connectivity index (χ1) is 18.6. The van der Waals surface area contributed by atoms with Gasteiger partial charge < -0.3 is 16.0 Å². The number of amides is 1. The number of aromatic nitrogens is 3. The van der Waals surface area contributed by atoms with Crippen LogP contribution in [0, 0.1) is 18.8 Å². The molecule has 1 atom stereocenters. The lowest BCUT2D eigenvalue weighted by Crippen LogP contribution is -2.43. The van der Waals surface area contributed by atoms with E-state index in [1.54, 1.807) is 35.8 Å². The molecule has 3 N–H and O–H groups in total. The summed E-state index contributed by atoms with van der Waals surface area (Å²) in [5, 5.41) is 7.09. The topological polar surface area (TPSA) is 88.6 Å². The summed E-state index contributed by atoms with van der Waals surface area (Å²) in [6, 6.07) is 11.8. The highest BCUT2D eigenvalue weighted by Crippen LogP contribution is 2.33. The lowest BCUT2D eigenvalue weighted by molar-refractivity contribution is -0.137. The molecule has 11 heteroatoms. The van der Waals surface area contributed by atoms with Crippen molar-refractivity contribution in [3.63, 3.8) is 0 Å². The fourth-order valence-corrected chi connectivity index (χ4v) is 4.74. The number of fused-ring (bicyclic) bond motifs is 1. The molecular weight excluding hydrogens is 529 g/mol. The second kappa shape index (κ2) is 10.6. The van der Waals surface area contributed by atoms with Gasteiger partial charge in [-0.1, -0.05) is 23.6 Å². The molecule has 0 spiro atoms. The van der Waals surface area contributed by atoms with E-state index in [0.29, 0.717) is 22.5 Å². The summed E-state index contributed by atoms with van der Waals surface area (Å²) in [5.74, 6) is 6.38. The standard InChI is InChI=1S/C28H24ClF3N6O/c1-17-18(4-2-6-24(17)27(39)35-22-13-19(28(30,31)32)12-20(29)14-22)7-8-23-15-34-25-9-10-26(36-38(23)25)37-11-3-5-21(33)16-37/h2,4,6,9-10,12-15,21H,3,5,11,16,33H2,1H3,(H,35,39)/t21-/m0/s1. The Morgan fingerprint density at radius 2 is 2.00 bits per heavy atom. The van der Waals surface area contributed by atoms with Gasteiger partial charge in [0.25, 0.3) is 5.91 Å².